The van der Waals surface area contributed by atoms with Crippen LogP contribution in [0.1, 0.15) is 252 Å². The first kappa shape index (κ1) is 71.9. The van der Waals surface area contributed by atoms with Crippen molar-refractivity contribution in [1.29, 1.82) is 0 Å². The monoisotopic (exact) mass is 1070 g/mol. The van der Waals surface area contributed by atoms with Gasteiger partial charge in [-0.2, -0.15) is 0 Å². The number of esters is 1. The molecule has 0 aliphatic carbocycles. The Morgan fingerprint density at radius 2 is 0.907 bits per heavy atom. The van der Waals surface area contributed by atoms with E-state index in [0.29, 0.717) is 17.4 Å². The van der Waals surface area contributed by atoms with Gasteiger partial charge in [0, 0.05) is 12.8 Å². The Bertz CT molecular complexity index is 1610. The van der Waals surface area contributed by atoms with Gasteiger partial charge < -0.3 is 19.4 Å². The van der Waals surface area contributed by atoms with Gasteiger partial charge in [-0.1, -0.05) is 240 Å². The summed E-state index contributed by atoms with van der Waals surface area (Å²) >= 11 is 0. The van der Waals surface area contributed by atoms with Crippen LogP contribution in [0.2, 0.25) is 0 Å². The number of nitrogens with zero attached hydrogens (tertiary/aromatic N) is 1. The van der Waals surface area contributed by atoms with E-state index in [1.165, 1.54) is 109 Å². The fourth-order valence-electron chi connectivity index (χ4n) is 8.33. The highest BCUT2D eigenvalue weighted by molar-refractivity contribution is 7.47. The molecular weight excluding hydrogens is 952 g/mol. The van der Waals surface area contributed by atoms with Crippen molar-refractivity contribution in [3.05, 3.63) is 97.2 Å². The lowest BCUT2D eigenvalue weighted by Gasteiger charge is -2.27. The zero-order valence-corrected chi connectivity index (χ0v) is 50.2. The van der Waals surface area contributed by atoms with Crippen molar-refractivity contribution in [2.24, 2.45) is 0 Å². The molecule has 0 radical (unpaired) electrons. The van der Waals surface area contributed by atoms with Gasteiger partial charge in [0.05, 0.1) is 33.8 Å². The molecule has 0 aromatic rings. The summed E-state index contributed by atoms with van der Waals surface area (Å²) in [5.74, 6) is -0.536. The number of likely N-dealkylation sites (N-methyl/N-ethyl adjacent to an activating group) is 1. The molecule has 432 valence electrons. The summed E-state index contributed by atoms with van der Waals surface area (Å²) in [7, 11) is 1.47. The number of phosphoric acid groups is 1. The van der Waals surface area contributed by atoms with Crippen LogP contribution in [0.3, 0.4) is 0 Å². The number of rotatable bonds is 54. The molecule has 3 atom stereocenters. The third-order valence-corrected chi connectivity index (χ3v) is 14.1. The molecule has 0 rings (SSSR count). The van der Waals surface area contributed by atoms with Crippen LogP contribution >= 0.6 is 7.82 Å². The molecule has 0 aromatic carbocycles. The van der Waals surface area contributed by atoms with Crippen molar-refractivity contribution >= 4 is 19.7 Å². The van der Waals surface area contributed by atoms with E-state index < -0.39 is 20.0 Å². The van der Waals surface area contributed by atoms with E-state index in [9.17, 15) is 19.0 Å². The second-order valence-corrected chi connectivity index (χ2v) is 23.0. The number of ether oxygens (including phenoxy) is 1. The number of carbonyl (C=O) groups is 2. The second kappa shape index (κ2) is 54.3. The van der Waals surface area contributed by atoms with E-state index in [1.807, 2.05) is 33.3 Å². The Morgan fingerprint density at radius 3 is 1.41 bits per heavy atom. The van der Waals surface area contributed by atoms with Gasteiger partial charge in [-0.3, -0.25) is 18.6 Å². The van der Waals surface area contributed by atoms with Crippen molar-refractivity contribution in [3.63, 3.8) is 0 Å². The predicted octanol–water partition coefficient (Wildman–Crippen LogP) is 18.8. The summed E-state index contributed by atoms with van der Waals surface area (Å²) in [6.45, 7) is 6.82. The SMILES string of the molecule is CC/C=C/C=C/C=C/CCCCCCCCCC(=O)OC(/C=C\CCCCCCCCCCC)C(COP(=O)(O)OCC[N+](C)(C)C)NC(=O)CCCCCCCCC/C=C\C/C=C\C/C=C\C/C=C\CCCCC. The maximum atomic E-state index is 13.5. The van der Waals surface area contributed by atoms with E-state index in [1.54, 1.807) is 0 Å². The largest absolute Gasteiger partial charge is 0.472 e. The topological polar surface area (TPSA) is 111 Å². The van der Waals surface area contributed by atoms with Crippen LogP contribution in [-0.4, -0.2) is 74.3 Å². The van der Waals surface area contributed by atoms with E-state index in [-0.39, 0.29) is 31.5 Å². The third-order valence-electron chi connectivity index (χ3n) is 13.1. The maximum absolute atomic E-state index is 13.5. The standard InChI is InChI=1S/C65H115N2O7P/c1-7-10-13-16-19-22-25-27-29-30-31-32-33-34-35-36-38-39-42-45-48-51-54-57-64(68)66-62(61-73-75(70,71)72-60-59-67(4,5)6)63(56-53-50-47-44-41-24-21-18-15-12-9-3)74-65(69)58-55-52-49-46-43-40-37-28-26-23-20-17-14-11-8-2/h11,14,17,19-20,22-23,26-27,29,31-32,34-35,53,56,62-63H,7-10,12-13,15-16,18,21,24-25,28,30,33,36-52,54-55,57-61H2,1-6H3,(H-,66,68,70,71)/p+1/b14-11+,20-17+,22-19-,26-23+,29-27-,32-31-,35-34-,56-53-. The summed E-state index contributed by atoms with van der Waals surface area (Å²) in [6, 6.07) is -0.864. The van der Waals surface area contributed by atoms with Gasteiger partial charge in [0.1, 0.15) is 19.3 Å². The van der Waals surface area contributed by atoms with Crippen LogP contribution in [0, 0.1) is 0 Å². The van der Waals surface area contributed by atoms with Crippen molar-refractivity contribution in [1.82, 2.24) is 5.32 Å². The van der Waals surface area contributed by atoms with E-state index >= 15 is 0 Å². The van der Waals surface area contributed by atoms with Gasteiger partial charge in [-0.05, 0) is 96.0 Å². The molecule has 0 fully saturated rings. The number of nitrogens with one attached hydrogen (secondary N) is 1. The Morgan fingerprint density at radius 1 is 0.493 bits per heavy atom. The van der Waals surface area contributed by atoms with E-state index in [4.69, 9.17) is 13.8 Å². The molecule has 0 heterocycles. The van der Waals surface area contributed by atoms with Crippen molar-refractivity contribution in [2.45, 2.75) is 264 Å². The van der Waals surface area contributed by atoms with Gasteiger partial charge in [0.2, 0.25) is 5.91 Å². The molecule has 75 heavy (non-hydrogen) atoms. The smallest absolute Gasteiger partial charge is 0.456 e. The highest BCUT2D eigenvalue weighted by atomic mass is 31.2. The number of quaternary nitrogens is 1. The molecule has 3 unspecified atom stereocenters. The molecule has 1 amide bonds. The average Bonchev–Trinajstić information content (AvgIpc) is 3.37. The predicted molar refractivity (Wildman–Crippen MR) is 323 cm³/mol. The molecule has 10 heteroatoms. The first-order valence-electron chi connectivity index (χ1n) is 30.6. The Kier molecular flexibility index (Phi) is 52.1. The lowest BCUT2D eigenvalue weighted by molar-refractivity contribution is -0.870. The fraction of sp³-hybridized carbons (Fsp3) is 0.723. The average molecular weight is 1070 g/mol. The van der Waals surface area contributed by atoms with Crippen molar-refractivity contribution in [3.8, 4) is 0 Å². The molecule has 0 saturated heterocycles. The number of amides is 1. The Labute approximate surface area is 462 Å². The molecule has 0 saturated carbocycles. The number of allylic oxidation sites excluding steroid dienone is 15. The minimum Gasteiger partial charge on any atom is -0.456 e. The van der Waals surface area contributed by atoms with E-state index in [2.05, 4.69) is 111 Å². The molecule has 0 aromatic heterocycles. The summed E-state index contributed by atoms with van der Waals surface area (Å²) < 4.78 is 30.6. The maximum Gasteiger partial charge on any atom is 0.472 e. The number of hydrogen-bond acceptors (Lipinski definition) is 6. The first-order valence-corrected chi connectivity index (χ1v) is 32.1. The number of phosphoric ester groups is 1. The van der Waals surface area contributed by atoms with Gasteiger partial charge in [0.15, 0.2) is 0 Å². The summed E-state index contributed by atoms with van der Waals surface area (Å²) in [5.41, 5.74) is 0. The van der Waals surface area contributed by atoms with Crippen LogP contribution in [0.4, 0.5) is 0 Å². The van der Waals surface area contributed by atoms with Gasteiger partial charge in [-0.15, -0.1) is 0 Å². The molecule has 2 N–H and O–H groups in total. The lowest BCUT2D eigenvalue weighted by atomic mass is 10.1. The minimum absolute atomic E-state index is 0.0311. The van der Waals surface area contributed by atoms with Crippen molar-refractivity contribution < 1.29 is 37.3 Å². The molecule has 9 nitrogen and oxygen atoms in total. The Hall–Kier alpha value is -3.07. The van der Waals surface area contributed by atoms with E-state index in [0.717, 1.165) is 109 Å². The highest BCUT2D eigenvalue weighted by Gasteiger charge is 2.30. The third kappa shape index (κ3) is 55.5. The molecule has 0 spiro atoms. The van der Waals surface area contributed by atoms with Gasteiger partial charge in [0.25, 0.3) is 0 Å². The second-order valence-electron chi connectivity index (χ2n) is 21.6. The van der Waals surface area contributed by atoms with Crippen LogP contribution in [0.15, 0.2) is 97.2 Å². The van der Waals surface area contributed by atoms with Gasteiger partial charge >= 0.3 is 13.8 Å². The Balaban J connectivity index is 5.23. The summed E-state index contributed by atoms with van der Waals surface area (Å²) in [4.78, 5) is 37.7. The fourth-order valence-corrected chi connectivity index (χ4v) is 9.07. The molecular formula is C65H116N2O7P+. The summed E-state index contributed by atoms with van der Waals surface area (Å²) in [6.07, 6.45) is 72.6. The quantitative estimate of drug-likeness (QED) is 0.0156. The number of unbranched alkanes of at least 4 members (excludes halogenated alkanes) is 26. The molecule has 0 aliphatic heterocycles. The lowest BCUT2D eigenvalue weighted by Crippen LogP contribution is -2.47. The molecule has 0 bridgehead atoms. The first-order chi connectivity index (χ1) is 36.4. The number of carbonyl (C=O) groups excluding carboxylic acids is 2. The minimum atomic E-state index is -4.46. The zero-order chi connectivity index (χ0) is 55.0. The van der Waals surface area contributed by atoms with Gasteiger partial charge in [-0.25, -0.2) is 4.57 Å². The normalized spacial score (nSPS) is 14.4. The van der Waals surface area contributed by atoms with Crippen molar-refractivity contribution in [2.75, 3.05) is 40.9 Å². The number of hydrogen-bond donors (Lipinski definition) is 2. The van der Waals surface area contributed by atoms with Crippen LogP contribution in [0.5, 0.6) is 0 Å². The van der Waals surface area contributed by atoms with Crippen LogP contribution < -0.4 is 5.32 Å². The zero-order valence-electron chi connectivity index (χ0n) is 49.3. The molecule has 0 aliphatic rings. The highest BCUT2D eigenvalue weighted by Crippen LogP contribution is 2.43. The van der Waals surface area contributed by atoms with Crippen LogP contribution in [0.25, 0.3) is 0 Å². The van der Waals surface area contributed by atoms with Crippen LogP contribution in [-0.2, 0) is 27.9 Å². The summed E-state index contributed by atoms with van der Waals surface area (Å²) in [5, 5.41) is 3.04.